The van der Waals surface area contributed by atoms with Crippen molar-refractivity contribution >= 4 is 68.0 Å². The van der Waals surface area contributed by atoms with Crippen LogP contribution in [0.5, 0.6) is 11.5 Å². The van der Waals surface area contributed by atoms with Crippen molar-refractivity contribution in [1.82, 2.24) is 0 Å². The van der Waals surface area contributed by atoms with Crippen molar-refractivity contribution in [3.8, 4) is 11.5 Å². The van der Waals surface area contributed by atoms with Crippen molar-refractivity contribution < 1.29 is 4.74 Å². The minimum Gasteiger partial charge on any atom is -0.458 e. The molecule has 0 bridgehead atoms. The quantitative estimate of drug-likeness (QED) is 0.170. The minimum atomic E-state index is 0.00563. The molecule has 10 rings (SSSR count). The number of ether oxygens (including phenoxy) is 1. The maximum atomic E-state index is 7.13. The SMILES string of the molecule is CC(C)(C)c1ccc(N2c3ccc(C(C)(C)C)cc3B3c4cc5c(cc4Oc4cc(N(c6ccccc6)c6ccc7ccccc7c6)cc2c43)CC5)cc1. The first kappa shape index (κ1) is 32.9. The molecule has 54 heavy (non-hydrogen) atoms. The standard InChI is InChI=1S/C50H45BN2O/c1-49(2,3)36-19-23-39(24-20-36)53-44-25-21-37(50(4,5)6)29-42(44)51-43-27-34-16-17-35(34)28-46(43)54-47-31-41(30-45(53)48(47)51)52(38-14-8-7-9-15-38)40-22-18-32-12-10-11-13-33(32)26-40/h7-15,18-31H,16-17H2,1-6H3. The van der Waals surface area contributed by atoms with Gasteiger partial charge < -0.3 is 14.5 Å². The van der Waals surface area contributed by atoms with Gasteiger partial charge in [-0.15, -0.1) is 0 Å². The van der Waals surface area contributed by atoms with Gasteiger partial charge in [0.2, 0.25) is 0 Å². The van der Waals surface area contributed by atoms with Crippen LogP contribution in [0.15, 0.2) is 140 Å². The third kappa shape index (κ3) is 5.26. The number of nitrogens with zero attached hydrogens (tertiary/aromatic N) is 2. The molecule has 0 aromatic heterocycles. The highest BCUT2D eigenvalue weighted by Gasteiger charge is 2.44. The van der Waals surface area contributed by atoms with Gasteiger partial charge in [0.05, 0.1) is 5.69 Å². The Hall–Kier alpha value is -5.74. The molecule has 0 fully saturated rings. The summed E-state index contributed by atoms with van der Waals surface area (Å²) in [6, 6.07) is 52.0. The molecule has 1 aliphatic carbocycles. The lowest BCUT2D eigenvalue weighted by Gasteiger charge is -2.42. The Labute approximate surface area is 319 Å². The van der Waals surface area contributed by atoms with Crippen LogP contribution in [0, 0.1) is 0 Å². The monoisotopic (exact) mass is 700 g/mol. The van der Waals surface area contributed by atoms with E-state index in [4.69, 9.17) is 4.74 Å². The van der Waals surface area contributed by atoms with Gasteiger partial charge in [0.1, 0.15) is 11.5 Å². The summed E-state index contributed by atoms with van der Waals surface area (Å²) in [5.41, 5.74) is 16.2. The van der Waals surface area contributed by atoms with Crippen molar-refractivity contribution in [1.29, 1.82) is 0 Å². The predicted octanol–water partition coefficient (Wildman–Crippen LogP) is 11.4. The number of aryl methyl sites for hydroxylation is 2. The summed E-state index contributed by atoms with van der Waals surface area (Å²) in [7, 11) is 0. The first-order valence-electron chi connectivity index (χ1n) is 19.4. The number of fused-ring (bicyclic) bond motifs is 6. The van der Waals surface area contributed by atoms with Gasteiger partial charge in [-0.2, -0.15) is 0 Å². The van der Waals surface area contributed by atoms with Crippen molar-refractivity contribution in [2.75, 3.05) is 9.80 Å². The molecule has 0 unspecified atom stereocenters. The van der Waals surface area contributed by atoms with Gasteiger partial charge in [-0.05, 0) is 128 Å². The van der Waals surface area contributed by atoms with E-state index >= 15 is 0 Å². The molecule has 0 amide bonds. The second-order valence-corrected chi connectivity index (χ2v) is 17.4. The van der Waals surface area contributed by atoms with Crippen LogP contribution in [-0.4, -0.2) is 6.71 Å². The third-order valence-electron chi connectivity index (χ3n) is 11.9. The Morgan fingerprint density at radius 3 is 1.93 bits per heavy atom. The van der Waals surface area contributed by atoms with E-state index < -0.39 is 0 Å². The second kappa shape index (κ2) is 11.9. The van der Waals surface area contributed by atoms with Gasteiger partial charge in [-0.1, -0.05) is 120 Å². The van der Waals surface area contributed by atoms with Crippen LogP contribution in [0.2, 0.25) is 0 Å². The maximum Gasteiger partial charge on any atom is 0.256 e. The van der Waals surface area contributed by atoms with Crippen molar-refractivity contribution in [3.05, 3.63) is 162 Å². The molecule has 0 atom stereocenters. The third-order valence-corrected chi connectivity index (χ3v) is 11.9. The lowest BCUT2D eigenvalue weighted by molar-refractivity contribution is 0.485. The Balaban J connectivity index is 1.26. The zero-order valence-electron chi connectivity index (χ0n) is 32.1. The molecule has 4 heteroatoms. The molecule has 7 aromatic carbocycles. The Kier molecular flexibility index (Phi) is 7.24. The van der Waals surface area contributed by atoms with E-state index in [0.717, 1.165) is 52.8 Å². The minimum absolute atomic E-state index is 0.00563. The summed E-state index contributed by atoms with van der Waals surface area (Å²) in [6.07, 6.45) is 2.24. The molecule has 0 N–H and O–H groups in total. The number of hydrogen-bond donors (Lipinski definition) is 0. The van der Waals surface area contributed by atoms with Crippen LogP contribution in [0.25, 0.3) is 10.8 Å². The van der Waals surface area contributed by atoms with Gasteiger partial charge in [-0.3, -0.25) is 0 Å². The fraction of sp³-hybridized carbons (Fsp3) is 0.200. The topological polar surface area (TPSA) is 15.7 Å². The fourth-order valence-electron chi connectivity index (χ4n) is 8.76. The molecule has 0 spiro atoms. The molecule has 7 aromatic rings. The average molecular weight is 701 g/mol. The van der Waals surface area contributed by atoms with Gasteiger partial charge in [0.25, 0.3) is 6.71 Å². The van der Waals surface area contributed by atoms with E-state index in [1.165, 1.54) is 55.1 Å². The van der Waals surface area contributed by atoms with Gasteiger partial charge in [-0.25, -0.2) is 0 Å². The number of para-hydroxylation sites is 1. The predicted molar refractivity (Wildman–Crippen MR) is 229 cm³/mol. The van der Waals surface area contributed by atoms with E-state index in [-0.39, 0.29) is 17.5 Å². The summed E-state index contributed by atoms with van der Waals surface area (Å²) >= 11 is 0. The zero-order chi connectivity index (χ0) is 36.9. The van der Waals surface area contributed by atoms with Crippen molar-refractivity contribution in [2.24, 2.45) is 0 Å². The van der Waals surface area contributed by atoms with Crippen LogP contribution >= 0.6 is 0 Å². The summed E-state index contributed by atoms with van der Waals surface area (Å²) in [4.78, 5) is 4.87. The fourth-order valence-corrected chi connectivity index (χ4v) is 8.76. The summed E-state index contributed by atoms with van der Waals surface area (Å²) in [5.74, 6) is 1.91. The van der Waals surface area contributed by atoms with Crippen LogP contribution in [0.1, 0.15) is 63.8 Å². The number of hydrogen-bond acceptors (Lipinski definition) is 3. The lowest BCUT2D eigenvalue weighted by atomic mass is 9.33. The highest BCUT2D eigenvalue weighted by atomic mass is 16.5. The molecule has 264 valence electrons. The second-order valence-electron chi connectivity index (χ2n) is 17.4. The van der Waals surface area contributed by atoms with Crippen LogP contribution in [0.4, 0.5) is 34.1 Å². The normalized spacial score (nSPS) is 14.0. The van der Waals surface area contributed by atoms with Gasteiger partial charge in [0, 0.05) is 34.5 Å². The molecule has 0 saturated heterocycles. The van der Waals surface area contributed by atoms with Gasteiger partial charge >= 0.3 is 0 Å². The Morgan fingerprint density at radius 1 is 0.519 bits per heavy atom. The molecule has 2 heterocycles. The number of benzene rings is 7. The molecular weight excluding hydrogens is 655 g/mol. The Morgan fingerprint density at radius 2 is 1.20 bits per heavy atom. The zero-order valence-corrected chi connectivity index (χ0v) is 32.1. The van der Waals surface area contributed by atoms with Gasteiger partial charge in [0.15, 0.2) is 0 Å². The summed E-state index contributed by atoms with van der Waals surface area (Å²) in [6.45, 7) is 13.8. The highest BCUT2D eigenvalue weighted by Crippen LogP contribution is 2.47. The highest BCUT2D eigenvalue weighted by molar-refractivity contribution is 6.99. The smallest absolute Gasteiger partial charge is 0.256 e. The van der Waals surface area contributed by atoms with Crippen molar-refractivity contribution in [2.45, 2.75) is 65.2 Å². The molecule has 3 aliphatic rings. The molecule has 0 radical (unpaired) electrons. The molecule has 3 nitrogen and oxygen atoms in total. The number of anilines is 6. The van der Waals surface area contributed by atoms with Crippen LogP contribution in [-0.2, 0) is 23.7 Å². The number of rotatable bonds is 4. The molecular formula is C50H45BN2O. The van der Waals surface area contributed by atoms with Crippen LogP contribution in [0.3, 0.4) is 0 Å². The van der Waals surface area contributed by atoms with Crippen molar-refractivity contribution in [3.63, 3.8) is 0 Å². The molecule has 2 aliphatic heterocycles. The lowest BCUT2D eigenvalue weighted by Crippen LogP contribution is -2.60. The summed E-state index contributed by atoms with van der Waals surface area (Å²) < 4.78 is 7.13. The summed E-state index contributed by atoms with van der Waals surface area (Å²) in [5, 5.41) is 2.44. The van der Waals surface area contributed by atoms with E-state index in [0.29, 0.717) is 0 Å². The maximum absolute atomic E-state index is 7.13. The molecule has 0 saturated carbocycles. The first-order chi connectivity index (χ1) is 26.0. The average Bonchev–Trinajstić information content (AvgIpc) is 3.15. The van der Waals surface area contributed by atoms with E-state index in [1.54, 1.807) is 0 Å². The first-order valence-corrected chi connectivity index (χ1v) is 19.4. The van der Waals surface area contributed by atoms with E-state index in [1.807, 2.05) is 0 Å². The van der Waals surface area contributed by atoms with E-state index in [2.05, 4.69) is 191 Å². The van der Waals surface area contributed by atoms with E-state index in [9.17, 15) is 0 Å². The largest absolute Gasteiger partial charge is 0.458 e. The van der Waals surface area contributed by atoms with Crippen LogP contribution < -0.4 is 30.9 Å². The Bertz CT molecular complexity index is 2610.